The quantitative estimate of drug-likeness (QED) is 0.697. The highest BCUT2D eigenvalue weighted by atomic mass is 16.6. The number of rotatable bonds is 1. The van der Waals surface area contributed by atoms with Gasteiger partial charge >= 0.3 is 0 Å². The van der Waals surface area contributed by atoms with Crippen LogP contribution in [-0.4, -0.2) is 61.3 Å². The Labute approximate surface area is 114 Å². The molecule has 0 amide bonds. The lowest BCUT2D eigenvalue weighted by atomic mass is 9.60. The average molecular weight is 256 g/mol. The number of ether oxygens (including phenoxy) is 1. The van der Waals surface area contributed by atoms with Crippen molar-refractivity contribution in [2.45, 2.75) is 11.0 Å². The lowest BCUT2D eigenvalue weighted by molar-refractivity contribution is -0.0309. The Hall–Kier alpha value is -0.900. The van der Waals surface area contributed by atoms with Crippen molar-refractivity contribution in [3.63, 3.8) is 0 Å². The molecule has 100 valence electrons. The number of epoxide rings is 1. The van der Waals surface area contributed by atoms with E-state index in [2.05, 4.69) is 40.1 Å². The van der Waals surface area contributed by atoms with Crippen LogP contribution >= 0.6 is 0 Å². The zero-order valence-electron chi connectivity index (χ0n) is 11.2. The van der Waals surface area contributed by atoms with Crippen molar-refractivity contribution >= 4 is 0 Å². The molecule has 0 radical (unpaired) electrons. The van der Waals surface area contributed by atoms with Gasteiger partial charge in [-0.25, -0.2) is 0 Å². The number of piperidine rings is 2. The summed E-state index contributed by atoms with van der Waals surface area (Å²) in [5.41, 5.74) is 1.87. The molecule has 5 aliphatic heterocycles. The first-order chi connectivity index (χ1) is 9.32. The summed E-state index contributed by atoms with van der Waals surface area (Å²) >= 11 is 0. The first-order valence-corrected chi connectivity index (χ1v) is 7.47. The Morgan fingerprint density at radius 3 is 2.21 bits per heavy atom. The molecule has 0 aliphatic carbocycles. The summed E-state index contributed by atoms with van der Waals surface area (Å²) in [6.07, 6.45) is 0. The van der Waals surface area contributed by atoms with Crippen molar-refractivity contribution in [2.24, 2.45) is 5.92 Å². The first-order valence-electron chi connectivity index (χ1n) is 7.47. The summed E-state index contributed by atoms with van der Waals surface area (Å²) in [4.78, 5) is 5.36. The van der Waals surface area contributed by atoms with Crippen LogP contribution in [0.2, 0.25) is 0 Å². The minimum Gasteiger partial charge on any atom is -0.368 e. The number of hydrogen-bond acceptors (Lipinski definition) is 3. The predicted octanol–water partition coefficient (Wildman–Crippen LogP) is 0.954. The second kappa shape index (κ2) is 3.40. The summed E-state index contributed by atoms with van der Waals surface area (Å²) in [5.74, 6) is 0.706. The number of fused-ring (bicyclic) bond motifs is 1. The van der Waals surface area contributed by atoms with Crippen molar-refractivity contribution in [3.8, 4) is 0 Å². The third-order valence-electron chi connectivity index (χ3n) is 5.93. The van der Waals surface area contributed by atoms with Crippen molar-refractivity contribution in [1.29, 1.82) is 0 Å². The number of nitrogens with zero attached hydrogens (tertiary/aromatic N) is 2. The van der Waals surface area contributed by atoms with Crippen molar-refractivity contribution in [1.82, 2.24) is 9.80 Å². The molecule has 1 aromatic carbocycles. The maximum absolute atomic E-state index is 6.13. The molecule has 0 saturated carbocycles. The van der Waals surface area contributed by atoms with Gasteiger partial charge in [0.05, 0.1) is 12.0 Å². The Morgan fingerprint density at radius 2 is 1.63 bits per heavy atom. The molecule has 6 rings (SSSR count). The van der Waals surface area contributed by atoms with Crippen LogP contribution in [0.25, 0.3) is 0 Å². The maximum Gasteiger partial charge on any atom is 0.109 e. The van der Waals surface area contributed by atoms with Crippen LogP contribution in [0, 0.1) is 5.92 Å². The molecule has 1 spiro atoms. The van der Waals surface area contributed by atoms with E-state index < -0.39 is 0 Å². The minimum absolute atomic E-state index is 0.158. The molecule has 5 aliphatic rings. The van der Waals surface area contributed by atoms with Gasteiger partial charge in [0.25, 0.3) is 0 Å². The molecule has 5 heterocycles. The average Bonchev–Trinajstić information content (AvgIpc) is 3.21. The smallest absolute Gasteiger partial charge is 0.109 e. The summed E-state index contributed by atoms with van der Waals surface area (Å²) in [7, 11) is 0. The summed E-state index contributed by atoms with van der Waals surface area (Å²) in [6, 6.07) is 11.1. The van der Waals surface area contributed by atoms with E-state index in [1.54, 1.807) is 0 Å². The standard InChI is InChI=1S/C16H20N2O/c1-2-4-13(5-3-1)15-10-17-6-7-18(11-15)9-14(8-17)16(15)12-19-16/h1-5,14H,6-12H2/t14?,15?,16-/m1/s1. The molecule has 3 heteroatoms. The molecule has 5 fully saturated rings. The largest absolute Gasteiger partial charge is 0.368 e. The van der Waals surface area contributed by atoms with Gasteiger partial charge in [0.15, 0.2) is 0 Å². The van der Waals surface area contributed by atoms with E-state index in [-0.39, 0.29) is 11.0 Å². The number of benzene rings is 1. The second-order valence-electron chi connectivity index (χ2n) is 6.79. The molecule has 19 heavy (non-hydrogen) atoms. The normalized spacial score (nSPS) is 50.4. The zero-order chi connectivity index (χ0) is 12.5. The van der Waals surface area contributed by atoms with Crippen LogP contribution in [0.5, 0.6) is 0 Å². The van der Waals surface area contributed by atoms with Crippen molar-refractivity contribution in [3.05, 3.63) is 35.9 Å². The topological polar surface area (TPSA) is 19.0 Å². The molecular weight excluding hydrogens is 236 g/mol. The van der Waals surface area contributed by atoms with Crippen LogP contribution in [0.1, 0.15) is 5.56 Å². The summed E-state index contributed by atoms with van der Waals surface area (Å²) in [5, 5.41) is 0. The second-order valence-corrected chi connectivity index (χ2v) is 6.79. The molecule has 5 saturated heterocycles. The van der Waals surface area contributed by atoms with Crippen LogP contribution in [0.4, 0.5) is 0 Å². The van der Waals surface area contributed by atoms with E-state index >= 15 is 0 Å². The van der Waals surface area contributed by atoms with Gasteiger partial charge in [-0.2, -0.15) is 0 Å². The van der Waals surface area contributed by atoms with E-state index in [9.17, 15) is 0 Å². The molecule has 3 nitrogen and oxygen atoms in total. The van der Waals surface area contributed by atoms with Gasteiger partial charge in [0.2, 0.25) is 0 Å². The van der Waals surface area contributed by atoms with Gasteiger partial charge in [-0.3, -0.25) is 0 Å². The van der Waals surface area contributed by atoms with Crippen LogP contribution in [-0.2, 0) is 10.2 Å². The first kappa shape index (κ1) is 10.8. The SMILES string of the molecule is c1ccc(C23CN4CCN(CC(C4)[C@]24CO4)C3)cc1. The number of hydrogen-bond donors (Lipinski definition) is 0. The van der Waals surface area contributed by atoms with E-state index in [1.165, 1.54) is 44.8 Å². The van der Waals surface area contributed by atoms with E-state index in [0.29, 0.717) is 5.92 Å². The minimum atomic E-state index is 0.158. The van der Waals surface area contributed by atoms with Crippen LogP contribution < -0.4 is 0 Å². The van der Waals surface area contributed by atoms with Gasteiger partial charge in [0.1, 0.15) is 5.60 Å². The highest BCUT2D eigenvalue weighted by Crippen LogP contribution is 2.58. The Bertz CT molecular complexity index is 495. The van der Waals surface area contributed by atoms with E-state index in [4.69, 9.17) is 4.74 Å². The predicted molar refractivity (Wildman–Crippen MR) is 73.2 cm³/mol. The molecule has 4 bridgehead atoms. The fourth-order valence-corrected chi connectivity index (χ4v) is 4.97. The van der Waals surface area contributed by atoms with Crippen molar-refractivity contribution < 1.29 is 4.74 Å². The van der Waals surface area contributed by atoms with Crippen LogP contribution in [0.3, 0.4) is 0 Å². The molecule has 1 aromatic rings. The third kappa shape index (κ3) is 1.24. The van der Waals surface area contributed by atoms with Gasteiger partial charge in [-0.15, -0.1) is 0 Å². The molecule has 3 atom stereocenters. The highest BCUT2D eigenvalue weighted by molar-refractivity contribution is 5.38. The maximum atomic E-state index is 6.13. The Balaban J connectivity index is 1.71. The van der Waals surface area contributed by atoms with Gasteiger partial charge < -0.3 is 14.5 Å². The molecular formula is C16H20N2O. The van der Waals surface area contributed by atoms with Gasteiger partial charge in [-0.1, -0.05) is 30.3 Å². The zero-order valence-corrected chi connectivity index (χ0v) is 11.2. The lowest BCUT2D eigenvalue weighted by Gasteiger charge is -2.54. The van der Waals surface area contributed by atoms with Gasteiger partial charge in [0, 0.05) is 45.2 Å². The fourth-order valence-electron chi connectivity index (χ4n) is 4.97. The monoisotopic (exact) mass is 256 g/mol. The Kier molecular flexibility index (Phi) is 1.94. The fraction of sp³-hybridized carbons (Fsp3) is 0.625. The van der Waals surface area contributed by atoms with E-state index in [0.717, 1.165) is 6.61 Å². The Morgan fingerprint density at radius 1 is 1.00 bits per heavy atom. The molecule has 2 unspecified atom stereocenters. The van der Waals surface area contributed by atoms with E-state index in [1.807, 2.05) is 0 Å². The molecule has 0 aromatic heterocycles. The van der Waals surface area contributed by atoms with Crippen molar-refractivity contribution in [2.75, 3.05) is 45.9 Å². The summed E-state index contributed by atoms with van der Waals surface area (Å²) in [6.45, 7) is 8.31. The van der Waals surface area contributed by atoms with Gasteiger partial charge in [-0.05, 0) is 5.56 Å². The van der Waals surface area contributed by atoms with Crippen LogP contribution in [0.15, 0.2) is 30.3 Å². The lowest BCUT2D eigenvalue weighted by Crippen LogP contribution is -2.68. The third-order valence-corrected chi connectivity index (χ3v) is 5.93. The highest BCUT2D eigenvalue weighted by Gasteiger charge is 2.71. The summed E-state index contributed by atoms with van der Waals surface area (Å²) < 4.78 is 6.13. The molecule has 0 N–H and O–H groups in total.